The van der Waals surface area contributed by atoms with E-state index in [1.54, 1.807) is 0 Å². The van der Waals surface area contributed by atoms with Gasteiger partial charge in [-0.05, 0) is 6.92 Å². The first-order chi connectivity index (χ1) is 2.64. The summed E-state index contributed by atoms with van der Waals surface area (Å²) in [4.78, 5) is 9.57. The predicted molar refractivity (Wildman–Crippen MR) is 30.9 cm³/mol. The van der Waals surface area contributed by atoms with Crippen molar-refractivity contribution in [2.45, 2.75) is 12.3 Å². The Bertz CT molecular complexity index is 70.8. The number of hydrogen-bond acceptors (Lipinski definition) is 1. The van der Waals surface area contributed by atoms with Gasteiger partial charge < -0.3 is 7.96 Å². The molecule has 40 valence electrons. The van der Waals surface area contributed by atoms with Gasteiger partial charge in [0.2, 0.25) is 0 Å². The fourth-order valence-corrected chi connectivity index (χ4v) is 0. The molecule has 7 heavy (non-hydrogen) atoms. The van der Waals surface area contributed by atoms with Gasteiger partial charge in [-0.15, -0.1) is 11.6 Å². The van der Waals surface area contributed by atoms with Gasteiger partial charge >= 0.3 is 43.7 Å². The van der Waals surface area contributed by atoms with E-state index in [0.29, 0.717) is 0 Å². The topological polar surface area (TPSA) is 37.3 Å². The Balaban J connectivity index is -0.0000000417. The monoisotopic (exact) mass is 150 g/mol. The first kappa shape index (κ1) is 10.9. The Morgan fingerprint density at radius 1 is 2.00 bits per heavy atom. The van der Waals surface area contributed by atoms with E-state index >= 15 is 0 Å². The number of aliphatic carboxylic acids is 1. The molecule has 0 saturated carbocycles. The van der Waals surface area contributed by atoms with Crippen LogP contribution in [0.15, 0.2) is 0 Å². The van der Waals surface area contributed by atoms with Gasteiger partial charge in [0.1, 0.15) is 5.38 Å². The number of carbonyl (C=O) groups is 1. The maximum atomic E-state index is 9.57. The van der Waals surface area contributed by atoms with E-state index in [9.17, 15) is 4.79 Å². The Morgan fingerprint density at radius 2 is 2.14 bits per heavy atom. The van der Waals surface area contributed by atoms with E-state index in [1.165, 1.54) is 6.92 Å². The zero-order valence-electron chi connectivity index (χ0n) is 6.02. The van der Waals surface area contributed by atoms with E-state index in [4.69, 9.17) is 16.7 Å². The minimum absolute atomic E-state index is 0. The van der Waals surface area contributed by atoms with E-state index in [0.717, 1.165) is 0 Å². The van der Waals surface area contributed by atoms with Crippen molar-refractivity contribution in [2.75, 3.05) is 0 Å². The van der Waals surface area contributed by atoms with Crippen LogP contribution in [0.4, 0.5) is 0 Å². The average molecular weight is 151 g/mol. The minimum Gasteiger partial charge on any atom is -1.00 e. The quantitative estimate of drug-likeness (QED) is 0.438. The number of halogens is 1. The summed E-state index contributed by atoms with van der Waals surface area (Å²) in [6.45, 7) is 1.41. The van der Waals surface area contributed by atoms with Crippen LogP contribution >= 0.6 is 11.6 Å². The summed E-state index contributed by atoms with van der Waals surface area (Å²) in [5.74, 6) is -0.975. The molecule has 1 unspecified atom stereocenters. The van der Waals surface area contributed by atoms with Crippen molar-refractivity contribution in [3.05, 3.63) is 0 Å². The molecule has 4 heteroatoms. The van der Waals surface area contributed by atoms with Gasteiger partial charge in [0.05, 0.1) is 0 Å². The second-order valence-electron chi connectivity index (χ2n) is 0.954. The minimum atomic E-state index is -0.975. The Kier molecular flexibility index (Phi) is 8.04. The van der Waals surface area contributed by atoms with Crippen molar-refractivity contribution < 1.29 is 12.8 Å². The van der Waals surface area contributed by atoms with Crippen LogP contribution in [0.5, 0.6) is 0 Å². The standard InChI is InChI=1S/C3H5ClO2.Ca.2H/c1-2(4)3(5)6;;;/h2H,1H3,(H,5,6);;;/q;+2;2*-1. The van der Waals surface area contributed by atoms with Crippen molar-refractivity contribution in [3.63, 3.8) is 0 Å². The van der Waals surface area contributed by atoms with Gasteiger partial charge in [-0.2, -0.15) is 0 Å². The Hall–Kier alpha value is 1.02. The third-order valence-corrected chi connectivity index (χ3v) is 0.527. The maximum absolute atomic E-state index is 9.57. The van der Waals surface area contributed by atoms with Gasteiger partial charge in [-0.25, -0.2) is 0 Å². The molecule has 0 radical (unpaired) electrons. The summed E-state index contributed by atoms with van der Waals surface area (Å²) in [5.41, 5.74) is 0. The van der Waals surface area contributed by atoms with Crippen molar-refractivity contribution >= 4 is 55.3 Å². The number of carboxylic acids is 1. The molecular formula is C3H7CaClO2. The molecule has 0 bridgehead atoms. The summed E-state index contributed by atoms with van der Waals surface area (Å²) in [5, 5.41) is 7.10. The largest absolute Gasteiger partial charge is 2.00 e. The summed E-state index contributed by atoms with van der Waals surface area (Å²) in [6, 6.07) is 0. The van der Waals surface area contributed by atoms with Crippen LogP contribution in [0, 0.1) is 0 Å². The SMILES string of the molecule is CC(Cl)C(=O)O.[Ca+2].[H-].[H-]. The van der Waals surface area contributed by atoms with E-state index in [1.807, 2.05) is 0 Å². The van der Waals surface area contributed by atoms with Crippen molar-refractivity contribution in [1.82, 2.24) is 0 Å². The van der Waals surface area contributed by atoms with Crippen molar-refractivity contribution in [1.29, 1.82) is 0 Å². The fraction of sp³-hybridized carbons (Fsp3) is 0.667. The molecule has 0 aromatic heterocycles. The number of alkyl halides is 1. The number of carboxylic acid groups (broad SMARTS) is 1. The molecule has 1 N–H and O–H groups in total. The van der Waals surface area contributed by atoms with Crippen LogP contribution in [0.3, 0.4) is 0 Å². The second kappa shape index (κ2) is 5.16. The zero-order chi connectivity index (χ0) is 5.15. The van der Waals surface area contributed by atoms with Crippen LogP contribution in [0.25, 0.3) is 0 Å². The summed E-state index contributed by atoms with van der Waals surface area (Å²) in [7, 11) is 0. The molecular weight excluding hydrogens is 144 g/mol. The summed E-state index contributed by atoms with van der Waals surface area (Å²) in [6.07, 6.45) is 0. The summed E-state index contributed by atoms with van der Waals surface area (Å²) >= 11 is 5.01. The molecule has 1 atom stereocenters. The van der Waals surface area contributed by atoms with Gasteiger partial charge in [0.25, 0.3) is 0 Å². The van der Waals surface area contributed by atoms with Crippen LogP contribution in [0.1, 0.15) is 9.78 Å². The molecule has 0 spiro atoms. The second-order valence-corrected chi connectivity index (χ2v) is 1.61. The maximum Gasteiger partial charge on any atom is 2.00 e. The molecule has 0 aliphatic carbocycles. The first-order valence-corrected chi connectivity index (χ1v) is 1.95. The predicted octanol–water partition coefficient (Wildman–Crippen LogP) is 0.542. The molecule has 0 aliphatic heterocycles. The first-order valence-electron chi connectivity index (χ1n) is 1.51. The Labute approximate surface area is 79.8 Å². The van der Waals surface area contributed by atoms with Gasteiger partial charge in [0, 0.05) is 0 Å². The average Bonchev–Trinajstić information content (AvgIpc) is 1.36. The molecule has 0 saturated heterocycles. The van der Waals surface area contributed by atoms with E-state index in [-0.39, 0.29) is 40.6 Å². The third kappa shape index (κ3) is 7.02. The molecule has 0 rings (SSSR count). The molecule has 0 aromatic rings. The normalized spacial score (nSPS) is 11.7. The van der Waals surface area contributed by atoms with E-state index in [2.05, 4.69) is 0 Å². The molecule has 0 fully saturated rings. The molecule has 0 heterocycles. The Morgan fingerprint density at radius 3 is 2.14 bits per heavy atom. The molecule has 0 aromatic carbocycles. The van der Waals surface area contributed by atoms with Crippen LogP contribution in [-0.4, -0.2) is 54.2 Å². The van der Waals surface area contributed by atoms with Gasteiger partial charge in [-0.1, -0.05) is 0 Å². The molecule has 0 aliphatic rings. The van der Waals surface area contributed by atoms with Gasteiger partial charge in [-0.3, -0.25) is 4.79 Å². The fourth-order valence-electron chi connectivity index (χ4n) is 0. The van der Waals surface area contributed by atoms with Gasteiger partial charge in [0.15, 0.2) is 0 Å². The smallest absolute Gasteiger partial charge is 1.00 e. The van der Waals surface area contributed by atoms with Crippen LogP contribution < -0.4 is 0 Å². The van der Waals surface area contributed by atoms with Crippen LogP contribution in [-0.2, 0) is 4.79 Å². The molecule has 2 nitrogen and oxygen atoms in total. The van der Waals surface area contributed by atoms with Crippen molar-refractivity contribution in [3.8, 4) is 0 Å². The van der Waals surface area contributed by atoms with Crippen LogP contribution in [0.2, 0.25) is 0 Å². The zero-order valence-corrected chi connectivity index (χ0v) is 6.98. The summed E-state index contributed by atoms with van der Waals surface area (Å²) < 4.78 is 0. The van der Waals surface area contributed by atoms with Crippen molar-refractivity contribution in [2.24, 2.45) is 0 Å². The number of rotatable bonds is 1. The molecule has 0 amide bonds. The third-order valence-electron chi connectivity index (χ3n) is 0.340. The number of hydrogen-bond donors (Lipinski definition) is 1. The van der Waals surface area contributed by atoms with E-state index < -0.39 is 11.3 Å².